The van der Waals surface area contributed by atoms with Gasteiger partial charge in [-0.05, 0) is 48.9 Å². The summed E-state index contributed by atoms with van der Waals surface area (Å²) in [7, 11) is -0.687. The fourth-order valence-corrected chi connectivity index (χ4v) is 3.30. The van der Waals surface area contributed by atoms with Gasteiger partial charge < -0.3 is 14.8 Å². The summed E-state index contributed by atoms with van der Waals surface area (Å²) < 4.78 is 37.5. The molecule has 26 heavy (non-hydrogen) atoms. The first kappa shape index (κ1) is 19.7. The predicted molar refractivity (Wildman–Crippen MR) is 99.1 cm³/mol. The molecule has 0 spiro atoms. The number of rotatable bonds is 9. The average molecular weight is 378 g/mol. The first-order valence-corrected chi connectivity index (χ1v) is 9.48. The SMILES string of the molecule is COCCCNC(=O)c1cccc(S(=O)(=O)Nc2ccc(OC)cc2)c1. The van der Waals surface area contributed by atoms with Gasteiger partial charge in [-0.15, -0.1) is 0 Å². The number of amides is 1. The van der Waals surface area contributed by atoms with Crippen LogP contribution in [-0.2, 0) is 14.8 Å². The molecule has 0 saturated carbocycles. The van der Waals surface area contributed by atoms with Gasteiger partial charge in [0.15, 0.2) is 0 Å². The summed E-state index contributed by atoms with van der Waals surface area (Å²) in [4.78, 5) is 12.1. The monoisotopic (exact) mass is 378 g/mol. The molecule has 0 bridgehead atoms. The van der Waals surface area contributed by atoms with Crippen molar-refractivity contribution in [1.82, 2.24) is 5.32 Å². The van der Waals surface area contributed by atoms with Gasteiger partial charge in [0.1, 0.15) is 5.75 Å². The Kier molecular flexibility index (Phi) is 6.99. The van der Waals surface area contributed by atoms with Crippen molar-refractivity contribution in [1.29, 1.82) is 0 Å². The third-order valence-electron chi connectivity index (χ3n) is 3.56. The highest BCUT2D eigenvalue weighted by Gasteiger charge is 2.16. The van der Waals surface area contributed by atoms with Crippen molar-refractivity contribution in [3.8, 4) is 5.75 Å². The van der Waals surface area contributed by atoms with E-state index in [0.29, 0.717) is 31.0 Å². The average Bonchev–Trinajstić information content (AvgIpc) is 2.65. The van der Waals surface area contributed by atoms with Crippen molar-refractivity contribution < 1.29 is 22.7 Å². The topological polar surface area (TPSA) is 93.7 Å². The highest BCUT2D eigenvalue weighted by Crippen LogP contribution is 2.20. The number of benzene rings is 2. The Balaban J connectivity index is 2.10. The highest BCUT2D eigenvalue weighted by atomic mass is 32.2. The smallest absolute Gasteiger partial charge is 0.261 e. The molecule has 0 unspecified atom stereocenters. The second kappa shape index (κ2) is 9.21. The van der Waals surface area contributed by atoms with Crippen LogP contribution in [0.4, 0.5) is 5.69 Å². The number of nitrogens with one attached hydrogen (secondary N) is 2. The third kappa shape index (κ3) is 5.47. The minimum absolute atomic E-state index is 0.0119. The number of sulfonamides is 1. The highest BCUT2D eigenvalue weighted by molar-refractivity contribution is 7.92. The Morgan fingerprint density at radius 1 is 1.08 bits per heavy atom. The third-order valence-corrected chi connectivity index (χ3v) is 4.94. The van der Waals surface area contributed by atoms with Crippen LogP contribution in [0.2, 0.25) is 0 Å². The van der Waals surface area contributed by atoms with Gasteiger partial charge in [0.25, 0.3) is 15.9 Å². The van der Waals surface area contributed by atoms with Gasteiger partial charge in [0, 0.05) is 31.5 Å². The zero-order chi connectivity index (χ0) is 19.0. The molecule has 7 nitrogen and oxygen atoms in total. The summed E-state index contributed by atoms with van der Waals surface area (Å²) in [5.74, 6) is 0.294. The molecule has 0 aliphatic heterocycles. The lowest BCUT2D eigenvalue weighted by atomic mass is 10.2. The van der Waals surface area contributed by atoms with Crippen molar-refractivity contribution in [2.45, 2.75) is 11.3 Å². The lowest BCUT2D eigenvalue weighted by Crippen LogP contribution is -2.25. The number of hydrogen-bond acceptors (Lipinski definition) is 5. The normalized spacial score (nSPS) is 11.0. The van der Waals surface area contributed by atoms with Crippen molar-refractivity contribution >= 4 is 21.6 Å². The molecule has 0 fully saturated rings. The summed E-state index contributed by atoms with van der Waals surface area (Å²) in [6.07, 6.45) is 0.680. The van der Waals surface area contributed by atoms with E-state index in [4.69, 9.17) is 9.47 Å². The van der Waals surface area contributed by atoms with Gasteiger partial charge in [-0.2, -0.15) is 0 Å². The Hall–Kier alpha value is -2.58. The molecule has 140 valence electrons. The molecular weight excluding hydrogens is 356 g/mol. The van der Waals surface area contributed by atoms with E-state index in [1.165, 1.54) is 25.3 Å². The number of carbonyl (C=O) groups is 1. The second-order valence-electron chi connectivity index (χ2n) is 5.46. The zero-order valence-electron chi connectivity index (χ0n) is 14.7. The molecule has 2 aromatic carbocycles. The maximum Gasteiger partial charge on any atom is 0.261 e. The van der Waals surface area contributed by atoms with Crippen LogP contribution in [0.1, 0.15) is 16.8 Å². The summed E-state index contributed by atoms with van der Waals surface area (Å²) in [5, 5.41) is 2.73. The number of anilines is 1. The van der Waals surface area contributed by atoms with Gasteiger partial charge in [-0.1, -0.05) is 6.07 Å². The van der Waals surface area contributed by atoms with Crippen LogP contribution in [0.25, 0.3) is 0 Å². The van der Waals surface area contributed by atoms with Crippen molar-refractivity contribution in [2.75, 3.05) is 32.1 Å². The summed E-state index contributed by atoms with van der Waals surface area (Å²) >= 11 is 0. The van der Waals surface area contributed by atoms with Crippen LogP contribution < -0.4 is 14.8 Å². The Morgan fingerprint density at radius 3 is 2.46 bits per heavy atom. The minimum atomic E-state index is -3.81. The van der Waals surface area contributed by atoms with E-state index in [-0.39, 0.29) is 16.4 Å². The summed E-state index contributed by atoms with van der Waals surface area (Å²) in [6, 6.07) is 12.4. The molecule has 2 rings (SSSR count). The van der Waals surface area contributed by atoms with E-state index in [2.05, 4.69) is 10.0 Å². The quantitative estimate of drug-likeness (QED) is 0.653. The molecule has 0 aliphatic rings. The van der Waals surface area contributed by atoms with Crippen LogP contribution in [-0.4, -0.2) is 41.7 Å². The van der Waals surface area contributed by atoms with Gasteiger partial charge in [0.05, 0.1) is 12.0 Å². The molecule has 1 amide bonds. The molecule has 0 saturated heterocycles. The maximum atomic E-state index is 12.5. The molecule has 8 heteroatoms. The van der Waals surface area contributed by atoms with Gasteiger partial charge in [0.2, 0.25) is 0 Å². The number of carbonyl (C=O) groups excluding carboxylic acids is 1. The zero-order valence-corrected chi connectivity index (χ0v) is 15.5. The molecular formula is C18H22N2O5S. The molecule has 0 aliphatic carbocycles. The van der Waals surface area contributed by atoms with Crippen LogP contribution >= 0.6 is 0 Å². The van der Waals surface area contributed by atoms with Crippen LogP contribution in [0, 0.1) is 0 Å². The molecule has 0 aromatic heterocycles. The Morgan fingerprint density at radius 2 is 1.81 bits per heavy atom. The van der Waals surface area contributed by atoms with E-state index in [1.54, 1.807) is 37.4 Å². The Labute approximate surface area is 153 Å². The Bertz CT molecular complexity index is 835. The molecule has 2 aromatic rings. The summed E-state index contributed by atoms with van der Waals surface area (Å²) in [5.41, 5.74) is 0.681. The van der Waals surface area contributed by atoms with Crippen molar-refractivity contribution in [3.63, 3.8) is 0 Å². The van der Waals surface area contributed by atoms with E-state index in [0.717, 1.165) is 0 Å². The van der Waals surface area contributed by atoms with Gasteiger partial charge >= 0.3 is 0 Å². The van der Waals surface area contributed by atoms with Crippen molar-refractivity contribution in [2.24, 2.45) is 0 Å². The van der Waals surface area contributed by atoms with Crippen LogP contribution in [0.3, 0.4) is 0 Å². The van der Waals surface area contributed by atoms with Crippen molar-refractivity contribution in [3.05, 3.63) is 54.1 Å². The number of ether oxygens (including phenoxy) is 2. The summed E-state index contributed by atoms with van der Waals surface area (Å²) in [6.45, 7) is 0.994. The minimum Gasteiger partial charge on any atom is -0.497 e. The van der Waals surface area contributed by atoms with Crippen LogP contribution in [0.15, 0.2) is 53.4 Å². The lowest BCUT2D eigenvalue weighted by molar-refractivity contribution is 0.0948. The maximum absolute atomic E-state index is 12.5. The largest absolute Gasteiger partial charge is 0.497 e. The fourth-order valence-electron chi connectivity index (χ4n) is 2.20. The van der Waals surface area contributed by atoms with E-state index in [1.807, 2.05) is 0 Å². The molecule has 0 radical (unpaired) electrons. The predicted octanol–water partition coefficient (Wildman–Crippen LogP) is 2.26. The standard InChI is InChI=1S/C18H22N2O5S/c1-24-12-4-11-19-18(21)14-5-3-6-17(13-14)26(22,23)20-15-7-9-16(25-2)10-8-15/h3,5-10,13,20H,4,11-12H2,1-2H3,(H,19,21). The van der Waals surface area contributed by atoms with Gasteiger partial charge in [-0.3, -0.25) is 9.52 Å². The first-order chi connectivity index (χ1) is 12.5. The van der Waals surface area contributed by atoms with E-state index >= 15 is 0 Å². The van der Waals surface area contributed by atoms with E-state index in [9.17, 15) is 13.2 Å². The lowest BCUT2D eigenvalue weighted by Gasteiger charge is -2.10. The number of hydrogen-bond donors (Lipinski definition) is 2. The molecule has 0 atom stereocenters. The van der Waals surface area contributed by atoms with Crippen LogP contribution in [0.5, 0.6) is 5.75 Å². The van der Waals surface area contributed by atoms with E-state index < -0.39 is 10.0 Å². The second-order valence-corrected chi connectivity index (χ2v) is 7.15. The fraction of sp³-hybridized carbons (Fsp3) is 0.278. The number of methoxy groups -OCH3 is 2. The molecule has 2 N–H and O–H groups in total. The first-order valence-electron chi connectivity index (χ1n) is 8.00. The molecule has 0 heterocycles. The van der Waals surface area contributed by atoms with Gasteiger partial charge in [-0.25, -0.2) is 8.42 Å².